The van der Waals surface area contributed by atoms with Crippen LogP contribution in [0.2, 0.25) is 0 Å². The summed E-state index contributed by atoms with van der Waals surface area (Å²) < 4.78 is 0. The lowest BCUT2D eigenvalue weighted by atomic mass is 10.1. The Balaban J connectivity index is 1.64. The standard InChI is InChI=1S/C17H17N3OS2/c1-11-15(23-16(19-11)14-7-4-10-22-14)17(21)20-9-3-6-13(20)12-5-2-8-18-12/h2,4-5,7-8,10,13,18H,3,6,9H2,1H3. The van der Waals surface area contributed by atoms with Gasteiger partial charge in [0, 0.05) is 18.4 Å². The summed E-state index contributed by atoms with van der Waals surface area (Å²) >= 11 is 3.17. The average Bonchev–Trinajstić information content (AvgIpc) is 3.31. The van der Waals surface area contributed by atoms with Crippen molar-refractivity contribution in [1.82, 2.24) is 14.9 Å². The highest BCUT2D eigenvalue weighted by Crippen LogP contribution is 2.36. The quantitative estimate of drug-likeness (QED) is 0.762. The number of aryl methyl sites for hydroxylation is 1. The van der Waals surface area contributed by atoms with Crippen LogP contribution in [0.1, 0.15) is 39.9 Å². The predicted octanol–water partition coefficient (Wildman–Crippen LogP) is 4.49. The second-order valence-corrected chi connectivity index (χ2v) is 7.64. The number of H-pyrrole nitrogens is 1. The molecule has 118 valence electrons. The highest BCUT2D eigenvalue weighted by molar-refractivity contribution is 7.22. The van der Waals surface area contributed by atoms with E-state index in [9.17, 15) is 4.79 Å². The molecule has 0 aromatic carbocycles. The zero-order valence-electron chi connectivity index (χ0n) is 12.8. The molecule has 3 aromatic heterocycles. The van der Waals surface area contributed by atoms with Crippen LogP contribution in [-0.4, -0.2) is 27.3 Å². The van der Waals surface area contributed by atoms with E-state index in [2.05, 4.69) is 22.1 Å². The maximum atomic E-state index is 13.0. The fourth-order valence-electron chi connectivity index (χ4n) is 3.12. The lowest BCUT2D eigenvalue weighted by molar-refractivity contribution is 0.0737. The minimum Gasteiger partial charge on any atom is -0.363 e. The van der Waals surface area contributed by atoms with Crippen molar-refractivity contribution in [3.63, 3.8) is 0 Å². The molecule has 4 rings (SSSR count). The molecule has 0 spiro atoms. The molecule has 1 aliphatic heterocycles. The highest BCUT2D eigenvalue weighted by Gasteiger charge is 2.33. The second kappa shape index (κ2) is 5.94. The van der Waals surface area contributed by atoms with Crippen molar-refractivity contribution in [1.29, 1.82) is 0 Å². The molecule has 0 bridgehead atoms. The molecule has 4 nitrogen and oxygen atoms in total. The fourth-order valence-corrected chi connectivity index (χ4v) is 4.93. The molecule has 1 N–H and O–H groups in total. The van der Waals surface area contributed by atoms with E-state index in [1.165, 1.54) is 11.3 Å². The monoisotopic (exact) mass is 343 g/mol. The number of hydrogen-bond donors (Lipinski definition) is 1. The Kier molecular flexibility index (Phi) is 3.79. The van der Waals surface area contributed by atoms with E-state index < -0.39 is 0 Å². The number of thiazole rings is 1. The molecular weight excluding hydrogens is 326 g/mol. The molecule has 1 unspecified atom stereocenters. The van der Waals surface area contributed by atoms with Gasteiger partial charge in [-0.15, -0.1) is 22.7 Å². The van der Waals surface area contributed by atoms with Gasteiger partial charge in [-0.1, -0.05) is 6.07 Å². The minimum atomic E-state index is 0.111. The van der Waals surface area contributed by atoms with Gasteiger partial charge in [0.2, 0.25) is 0 Å². The number of aromatic amines is 1. The number of amides is 1. The number of hydrogen-bond acceptors (Lipinski definition) is 4. The Morgan fingerprint density at radius 2 is 2.30 bits per heavy atom. The Morgan fingerprint density at radius 3 is 3.04 bits per heavy atom. The number of likely N-dealkylation sites (tertiary alicyclic amines) is 1. The Bertz CT molecular complexity index is 805. The van der Waals surface area contributed by atoms with E-state index in [4.69, 9.17) is 0 Å². The van der Waals surface area contributed by atoms with Crippen molar-refractivity contribution in [2.75, 3.05) is 6.54 Å². The molecule has 3 aromatic rings. The third-order valence-corrected chi connectivity index (χ3v) is 6.40. The van der Waals surface area contributed by atoms with Crippen LogP contribution in [0, 0.1) is 6.92 Å². The van der Waals surface area contributed by atoms with Gasteiger partial charge in [-0.3, -0.25) is 4.79 Å². The SMILES string of the molecule is Cc1nc(-c2cccs2)sc1C(=O)N1CCCC1c1ccc[nH]1. The summed E-state index contributed by atoms with van der Waals surface area (Å²) in [7, 11) is 0. The predicted molar refractivity (Wildman–Crippen MR) is 94.0 cm³/mol. The normalized spacial score (nSPS) is 17.8. The van der Waals surface area contributed by atoms with Crippen LogP contribution >= 0.6 is 22.7 Å². The minimum absolute atomic E-state index is 0.111. The fraction of sp³-hybridized carbons (Fsp3) is 0.294. The first-order valence-corrected chi connectivity index (χ1v) is 9.39. The zero-order chi connectivity index (χ0) is 15.8. The molecular formula is C17H17N3OS2. The summed E-state index contributed by atoms with van der Waals surface area (Å²) in [5, 5.41) is 2.98. The van der Waals surface area contributed by atoms with Crippen LogP contribution in [0.3, 0.4) is 0 Å². The number of aromatic nitrogens is 2. The van der Waals surface area contributed by atoms with Gasteiger partial charge in [-0.05, 0) is 43.3 Å². The van der Waals surface area contributed by atoms with Crippen LogP contribution in [-0.2, 0) is 0 Å². The first-order chi connectivity index (χ1) is 11.2. The van der Waals surface area contributed by atoms with Gasteiger partial charge >= 0.3 is 0 Å². The Labute approximate surface area is 142 Å². The van der Waals surface area contributed by atoms with E-state index >= 15 is 0 Å². The molecule has 0 saturated carbocycles. The number of nitrogens with zero attached hydrogens (tertiary/aromatic N) is 2. The van der Waals surface area contributed by atoms with Crippen LogP contribution in [0.5, 0.6) is 0 Å². The van der Waals surface area contributed by atoms with E-state index in [-0.39, 0.29) is 11.9 Å². The average molecular weight is 343 g/mol. The van der Waals surface area contributed by atoms with E-state index in [1.807, 2.05) is 35.5 Å². The number of thiophene rings is 1. The van der Waals surface area contributed by atoms with Gasteiger partial charge in [0.25, 0.3) is 5.91 Å². The van der Waals surface area contributed by atoms with Gasteiger partial charge in [-0.2, -0.15) is 0 Å². The Hall–Kier alpha value is -1.92. The lowest BCUT2D eigenvalue weighted by Crippen LogP contribution is -2.30. The Morgan fingerprint density at radius 1 is 1.39 bits per heavy atom. The summed E-state index contributed by atoms with van der Waals surface area (Å²) in [6.07, 6.45) is 3.98. The van der Waals surface area contributed by atoms with E-state index in [0.717, 1.165) is 45.5 Å². The number of rotatable bonds is 3. The molecule has 6 heteroatoms. The van der Waals surface area contributed by atoms with Crippen LogP contribution < -0.4 is 0 Å². The molecule has 4 heterocycles. The van der Waals surface area contributed by atoms with Crippen molar-refractivity contribution in [3.8, 4) is 9.88 Å². The van der Waals surface area contributed by atoms with E-state index in [0.29, 0.717) is 0 Å². The van der Waals surface area contributed by atoms with Crippen LogP contribution in [0.4, 0.5) is 0 Å². The molecule has 1 saturated heterocycles. The largest absolute Gasteiger partial charge is 0.363 e. The first kappa shape index (κ1) is 14.7. The van der Waals surface area contributed by atoms with Crippen molar-refractivity contribution in [2.24, 2.45) is 0 Å². The maximum absolute atomic E-state index is 13.0. The van der Waals surface area contributed by atoms with Gasteiger partial charge in [0.05, 0.1) is 16.6 Å². The van der Waals surface area contributed by atoms with Crippen molar-refractivity contribution < 1.29 is 4.79 Å². The molecule has 1 atom stereocenters. The maximum Gasteiger partial charge on any atom is 0.266 e. The number of carbonyl (C=O) groups is 1. The smallest absolute Gasteiger partial charge is 0.266 e. The summed E-state index contributed by atoms with van der Waals surface area (Å²) in [5.41, 5.74) is 1.96. The molecule has 0 aliphatic carbocycles. The van der Waals surface area contributed by atoms with Crippen molar-refractivity contribution in [2.45, 2.75) is 25.8 Å². The van der Waals surface area contributed by atoms with Gasteiger partial charge in [-0.25, -0.2) is 4.98 Å². The number of nitrogens with one attached hydrogen (secondary N) is 1. The molecule has 23 heavy (non-hydrogen) atoms. The van der Waals surface area contributed by atoms with Crippen molar-refractivity contribution in [3.05, 3.63) is 52.1 Å². The molecule has 1 amide bonds. The summed E-state index contributed by atoms with van der Waals surface area (Å²) in [5.74, 6) is 0.111. The molecule has 1 aliphatic rings. The van der Waals surface area contributed by atoms with Gasteiger partial charge in [0.15, 0.2) is 0 Å². The highest BCUT2D eigenvalue weighted by atomic mass is 32.1. The molecule has 0 radical (unpaired) electrons. The zero-order valence-corrected chi connectivity index (χ0v) is 14.4. The van der Waals surface area contributed by atoms with Gasteiger partial charge < -0.3 is 9.88 Å². The topological polar surface area (TPSA) is 49.0 Å². The summed E-state index contributed by atoms with van der Waals surface area (Å²) in [6, 6.07) is 8.27. The second-order valence-electron chi connectivity index (χ2n) is 5.69. The van der Waals surface area contributed by atoms with Crippen LogP contribution in [0.15, 0.2) is 35.8 Å². The lowest BCUT2D eigenvalue weighted by Gasteiger charge is -2.23. The van der Waals surface area contributed by atoms with E-state index in [1.54, 1.807) is 11.3 Å². The number of carbonyl (C=O) groups excluding carboxylic acids is 1. The summed E-state index contributed by atoms with van der Waals surface area (Å²) in [4.78, 5) is 24.8. The van der Waals surface area contributed by atoms with Gasteiger partial charge in [0.1, 0.15) is 9.88 Å². The summed E-state index contributed by atoms with van der Waals surface area (Å²) in [6.45, 7) is 2.74. The first-order valence-electron chi connectivity index (χ1n) is 7.69. The third kappa shape index (κ3) is 2.62. The molecule has 1 fully saturated rings. The third-order valence-electron chi connectivity index (χ3n) is 4.22. The van der Waals surface area contributed by atoms with Crippen molar-refractivity contribution >= 4 is 28.6 Å². The van der Waals surface area contributed by atoms with Crippen LogP contribution in [0.25, 0.3) is 9.88 Å².